The van der Waals surface area contributed by atoms with Crippen molar-refractivity contribution in [2.24, 2.45) is 9.98 Å². The van der Waals surface area contributed by atoms with E-state index in [1.807, 2.05) is 53.0 Å². The third-order valence-corrected chi connectivity index (χ3v) is 14.6. The van der Waals surface area contributed by atoms with Gasteiger partial charge in [-0.2, -0.15) is 0 Å². The monoisotopic (exact) mass is 806 g/mol. The number of carboxylic acid groups (broad SMARTS) is 1. The summed E-state index contributed by atoms with van der Waals surface area (Å²) in [4.78, 5) is 22.7. The van der Waals surface area contributed by atoms with E-state index in [4.69, 9.17) is 18.8 Å². The third kappa shape index (κ3) is 14.6. The molecule has 0 aromatic heterocycles. The second kappa shape index (κ2) is 21.3. The lowest BCUT2D eigenvalue weighted by Crippen LogP contribution is -2.38. The van der Waals surface area contributed by atoms with Crippen LogP contribution in [0.15, 0.2) is 34.3 Å². The van der Waals surface area contributed by atoms with Gasteiger partial charge in [0.05, 0.1) is 12.1 Å². The zero-order valence-corrected chi connectivity index (χ0v) is 38.7. The Morgan fingerprint density at radius 2 is 1.19 bits per heavy atom. The second-order valence-electron chi connectivity index (χ2n) is 19.6. The predicted octanol–water partition coefficient (Wildman–Crippen LogP) is 10.9. The molecule has 1 saturated carbocycles. The first-order chi connectivity index (χ1) is 26.6. The van der Waals surface area contributed by atoms with E-state index < -0.39 is 25.9 Å². The molecule has 0 radical (unpaired) electrons. The van der Waals surface area contributed by atoms with E-state index >= 15 is 0 Å². The van der Waals surface area contributed by atoms with Gasteiger partial charge >= 0.3 is 8.56 Å². The van der Waals surface area contributed by atoms with Crippen LogP contribution in [0.1, 0.15) is 193 Å². The van der Waals surface area contributed by atoms with Crippen LogP contribution >= 0.6 is 0 Å². The summed E-state index contributed by atoms with van der Waals surface area (Å²) in [5, 5.41) is 35.5. The first-order valence-corrected chi connectivity index (χ1v) is 24.4. The van der Waals surface area contributed by atoms with Gasteiger partial charge < -0.3 is 29.0 Å². The highest BCUT2D eigenvalue weighted by molar-refractivity contribution is 6.66. The number of carbonyl (C=O) groups excluding carboxylic acids is 1. The van der Waals surface area contributed by atoms with Gasteiger partial charge in [-0.05, 0) is 85.2 Å². The number of aromatic hydroxyl groups is 2. The molecule has 320 valence electrons. The Hall–Kier alpha value is -3.01. The van der Waals surface area contributed by atoms with Crippen molar-refractivity contribution in [2.45, 2.75) is 200 Å². The molecule has 1 fully saturated rings. The lowest BCUT2D eigenvalue weighted by molar-refractivity contribution is -0.308. The average Bonchev–Trinajstić information content (AvgIpc) is 3.10. The van der Waals surface area contributed by atoms with Crippen molar-refractivity contribution >= 4 is 27.0 Å². The van der Waals surface area contributed by atoms with Crippen molar-refractivity contribution in [1.29, 1.82) is 0 Å². The summed E-state index contributed by atoms with van der Waals surface area (Å²) >= 11 is 0. The predicted molar refractivity (Wildman–Crippen MR) is 238 cm³/mol. The zero-order valence-electron chi connectivity index (χ0n) is 37.7. The summed E-state index contributed by atoms with van der Waals surface area (Å²) in [5.74, 6) is -1.47. The number of benzene rings is 2. The highest BCUT2D eigenvalue weighted by atomic mass is 28.4. The number of phenols is 2. The molecular formula is C48H77N2O6Si-. The molecule has 0 amide bonds. The molecule has 0 spiro atoms. The van der Waals surface area contributed by atoms with Crippen LogP contribution in [0.2, 0.25) is 12.6 Å². The normalized spacial score (nSPS) is 17.8. The Labute approximate surface area is 347 Å². The van der Waals surface area contributed by atoms with Gasteiger partial charge in [0.1, 0.15) is 11.5 Å². The second-order valence-corrected chi connectivity index (χ2v) is 22.9. The summed E-state index contributed by atoms with van der Waals surface area (Å²) in [6.45, 7) is 26.6. The fraction of sp³-hybridized carbons (Fsp3) is 0.688. The minimum atomic E-state index is -2.06. The third-order valence-electron chi connectivity index (χ3n) is 11.5. The molecule has 0 heterocycles. The molecule has 0 aliphatic heterocycles. The number of aliphatic carboxylic acids is 1. The van der Waals surface area contributed by atoms with Gasteiger partial charge in [-0.3, -0.25) is 9.98 Å². The number of nitrogens with zero attached hydrogens (tertiary/aromatic N) is 2. The molecule has 9 heteroatoms. The first kappa shape index (κ1) is 48.4. The van der Waals surface area contributed by atoms with Crippen molar-refractivity contribution in [1.82, 2.24) is 0 Å². The smallest absolute Gasteiger partial charge is 0.334 e. The van der Waals surface area contributed by atoms with E-state index in [0.717, 1.165) is 87.8 Å². The van der Waals surface area contributed by atoms with Gasteiger partial charge in [-0.15, -0.1) is 0 Å². The molecule has 2 aromatic carbocycles. The van der Waals surface area contributed by atoms with Gasteiger partial charge in [-0.25, -0.2) is 0 Å². The van der Waals surface area contributed by atoms with Crippen LogP contribution in [-0.4, -0.2) is 62.5 Å². The maximum absolute atomic E-state index is 12.6. The Bertz CT molecular complexity index is 1640. The van der Waals surface area contributed by atoms with Crippen molar-refractivity contribution in [3.8, 4) is 11.5 Å². The van der Waals surface area contributed by atoms with E-state index in [0.29, 0.717) is 41.9 Å². The number of carboxylic acids is 1. The van der Waals surface area contributed by atoms with Crippen LogP contribution in [0.4, 0.5) is 0 Å². The van der Waals surface area contributed by atoms with Crippen LogP contribution in [-0.2, 0) is 29.9 Å². The Balaban J connectivity index is 1.76. The SMILES string of the molecule is CCO[Si](C)(CCCCCCCCCC(C(=O)[O-])c1cc(C=N[C@@H]2CCCC[C@H]2N=Cc2cc(C(C)(C)C)cc(C(C)(C)C)c2O)c(O)c(C(C)(C)C)c1)OCC. The lowest BCUT2D eigenvalue weighted by atomic mass is 9.79. The molecule has 0 bridgehead atoms. The van der Waals surface area contributed by atoms with E-state index in [1.165, 1.54) is 0 Å². The van der Waals surface area contributed by atoms with Gasteiger partial charge in [0.25, 0.3) is 0 Å². The molecular weight excluding hydrogens is 729 g/mol. The van der Waals surface area contributed by atoms with Crippen molar-refractivity contribution in [2.75, 3.05) is 13.2 Å². The van der Waals surface area contributed by atoms with Crippen molar-refractivity contribution in [3.63, 3.8) is 0 Å². The topological polar surface area (TPSA) is 124 Å². The largest absolute Gasteiger partial charge is 0.549 e. The molecule has 1 aliphatic carbocycles. The van der Waals surface area contributed by atoms with Gasteiger partial charge in [0.2, 0.25) is 0 Å². The minimum absolute atomic E-state index is 0.0821. The van der Waals surface area contributed by atoms with E-state index in [9.17, 15) is 20.1 Å². The highest BCUT2D eigenvalue weighted by Crippen LogP contribution is 2.39. The van der Waals surface area contributed by atoms with Crippen LogP contribution in [0, 0.1) is 0 Å². The molecule has 2 aromatic rings. The van der Waals surface area contributed by atoms with Crippen LogP contribution in [0.25, 0.3) is 0 Å². The number of hydrogen-bond acceptors (Lipinski definition) is 8. The van der Waals surface area contributed by atoms with Gasteiger partial charge in [0.15, 0.2) is 0 Å². The summed E-state index contributed by atoms with van der Waals surface area (Å²) in [7, 11) is -2.06. The summed E-state index contributed by atoms with van der Waals surface area (Å²) in [6.07, 6.45) is 15.2. The van der Waals surface area contributed by atoms with Crippen molar-refractivity contribution < 1.29 is 29.0 Å². The fourth-order valence-electron chi connectivity index (χ4n) is 8.00. The van der Waals surface area contributed by atoms with Crippen LogP contribution in [0.3, 0.4) is 0 Å². The van der Waals surface area contributed by atoms with Gasteiger partial charge in [-0.1, -0.05) is 132 Å². The van der Waals surface area contributed by atoms with Crippen LogP contribution in [0.5, 0.6) is 11.5 Å². The Morgan fingerprint density at radius 1 is 0.737 bits per heavy atom. The number of rotatable bonds is 20. The summed E-state index contributed by atoms with van der Waals surface area (Å²) < 4.78 is 11.9. The molecule has 2 N–H and O–H groups in total. The molecule has 8 nitrogen and oxygen atoms in total. The Morgan fingerprint density at radius 3 is 1.65 bits per heavy atom. The maximum atomic E-state index is 12.6. The number of carbonyl (C=O) groups is 1. The maximum Gasteiger partial charge on any atom is 0.334 e. The zero-order chi connectivity index (χ0) is 42.6. The van der Waals surface area contributed by atoms with Gasteiger partial charge in [0, 0.05) is 59.8 Å². The Kier molecular flexibility index (Phi) is 18.1. The van der Waals surface area contributed by atoms with E-state index in [-0.39, 0.29) is 34.4 Å². The fourth-order valence-corrected chi connectivity index (χ4v) is 10.5. The summed E-state index contributed by atoms with van der Waals surface area (Å²) in [5.41, 5.74) is 3.90. The number of aliphatic imine (C=N–C) groups is 2. The minimum Gasteiger partial charge on any atom is -0.549 e. The number of unbranched alkanes of at least 4 members (excludes halogenated alkanes) is 6. The van der Waals surface area contributed by atoms with E-state index in [1.54, 1.807) is 12.3 Å². The average molecular weight is 806 g/mol. The van der Waals surface area contributed by atoms with E-state index in [2.05, 4.69) is 54.2 Å². The molecule has 3 rings (SSSR count). The molecule has 3 atom stereocenters. The highest BCUT2D eigenvalue weighted by Gasteiger charge is 2.30. The number of phenolic OH excluding ortho intramolecular Hbond substituents is 2. The molecule has 1 unspecified atom stereocenters. The molecule has 0 saturated heterocycles. The quantitative estimate of drug-likeness (QED) is 0.0780. The van der Waals surface area contributed by atoms with Crippen LogP contribution < -0.4 is 5.11 Å². The molecule has 1 aliphatic rings. The standard InChI is InChI=1S/C48H78N2O6Si/c1-13-55-57(12,56-14-2)27-23-19-17-15-16-18-20-24-38(45(53)54)34-28-35(43(51)39(30-34)47(6,7)8)32-49-41-25-21-22-26-42(41)50-33-36-29-37(46(3,4)5)31-40(44(36)52)48(9,10)11/h28-33,38,41-42,51-52H,13-27H2,1-12H3,(H,53,54)/p-1/t38?,41-,42-/m1/s1. The van der Waals surface area contributed by atoms with Crippen molar-refractivity contribution in [3.05, 3.63) is 57.6 Å². The molecule has 57 heavy (non-hydrogen) atoms. The summed E-state index contributed by atoms with van der Waals surface area (Å²) in [6, 6.07) is 8.64. The first-order valence-electron chi connectivity index (χ1n) is 21.9. The number of hydrogen-bond donors (Lipinski definition) is 2. The lowest BCUT2D eigenvalue weighted by Gasteiger charge is -2.28.